The number of nitrogens with zero attached hydrogens (tertiary/aromatic N) is 3. The largest absolute Gasteiger partial charge is 0.489 e. The van der Waals surface area contributed by atoms with E-state index >= 15 is 0 Å². The van der Waals surface area contributed by atoms with Crippen LogP contribution in [0.1, 0.15) is 26.6 Å². The first-order valence-electron chi connectivity index (χ1n) is 7.48. The summed E-state index contributed by atoms with van der Waals surface area (Å²) in [4.78, 5) is 4.62. The highest BCUT2D eigenvalue weighted by Gasteiger charge is 2.21. The van der Waals surface area contributed by atoms with Crippen LogP contribution >= 0.6 is 0 Å². The van der Waals surface area contributed by atoms with E-state index in [1.165, 1.54) is 0 Å². The van der Waals surface area contributed by atoms with Gasteiger partial charge in [-0.2, -0.15) is 5.10 Å². The van der Waals surface area contributed by atoms with Crippen LogP contribution in [0.25, 0.3) is 11.4 Å². The van der Waals surface area contributed by atoms with Gasteiger partial charge in [0.25, 0.3) is 0 Å². The van der Waals surface area contributed by atoms with Gasteiger partial charge in [-0.15, -0.1) is 0 Å². The zero-order chi connectivity index (χ0) is 17.0. The van der Waals surface area contributed by atoms with Crippen LogP contribution in [0.15, 0.2) is 36.2 Å². The number of hydrogen-bond acceptors (Lipinski definition) is 4. The Balaban J connectivity index is 2.15. The summed E-state index contributed by atoms with van der Waals surface area (Å²) in [7, 11) is 1.88. The van der Waals surface area contributed by atoms with E-state index in [4.69, 9.17) is 10.5 Å². The summed E-state index contributed by atoms with van der Waals surface area (Å²) >= 11 is 0. The van der Waals surface area contributed by atoms with Gasteiger partial charge in [0, 0.05) is 30.1 Å². The second-order valence-corrected chi connectivity index (χ2v) is 6.42. The summed E-state index contributed by atoms with van der Waals surface area (Å²) in [6.45, 7) is 6.52. The van der Waals surface area contributed by atoms with Crippen LogP contribution in [0.3, 0.4) is 0 Å². The summed E-state index contributed by atoms with van der Waals surface area (Å²) in [5.74, 6) is 2.25. The molecule has 0 aliphatic rings. The Bertz CT molecular complexity index is 684. The maximum Gasteiger partial charge on any atom is 0.158 e. The average Bonchev–Trinajstić information content (AvgIpc) is 2.91. The van der Waals surface area contributed by atoms with Crippen molar-refractivity contribution in [3.8, 4) is 17.1 Å². The molecule has 0 aliphatic heterocycles. The van der Waals surface area contributed by atoms with E-state index < -0.39 is 0 Å². The van der Waals surface area contributed by atoms with Crippen molar-refractivity contribution in [2.24, 2.45) is 12.8 Å². The number of benzene rings is 1. The lowest BCUT2D eigenvalue weighted by atomic mass is 9.96. The fourth-order valence-electron chi connectivity index (χ4n) is 1.96. The van der Waals surface area contributed by atoms with Gasteiger partial charge in [0.15, 0.2) is 11.6 Å². The molecule has 2 aromatic rings. The predicted octanol–water partition coefficient (Wildman–Crippen LogP) is 2.97. The molecule has 2 rings (SSSR count). The second kappa shape index (κ2) is 6.91. The van der Waals surface area contributed by atoms with E-state index in [9.17, 15) is 4.39 Å². The number of rotatable bonds is 5. The highest BCUT2D eigenvalue weighted by Crippen LogP contribution is 2.24. The molecule has 0 spiro atoms. The molecule has 0 saturated carbocycles. The Morgan fingerprint density at radius 1 is 1.30 bits per heavy atom. The van der Waals surface area contributed by atoms with Crippen molar-refractivity contribution in [3.05, 3.63) is 42.0 Å². The third-order valence-electron chi connectivity index (χ3n) is 3.39. The fourth-order valence-corrected chi connectivity index (χ4v) is 1.96. The first-order chi connectivity index (χ1) is 10.8. The van der Waals surface area contributed by atoms with Crippen molar-refractivity contribution in [1.82, 2.24) is 14.8 Å². The van der Waals surface area contributed by atoms with E-state index in [1.807, 2.05) is 31.3 Å². The molecule has 0 radical (unpaired) electrons. The number of halogens is 1. The molecule has 124 valence electrons. The quantitative estimate of drug-likeness (QED) is 0.920. The van der Waals surface area contributed by atoms with Crippen molar-refractivity contribution >= 4 is 0 Å². The van der Waals surface area contributed by atoms with Crippen LogP contribution in [-0.2, 0) is 12.5 Å². The molecule has 1 heterocycles. The van der Waals surface area contributed by atoms with Crippen molar-refractivity contribution in [3.63, 3.8) is 0 Å². The molecule has 5 nitrogen and oxygen atoms in total. The minimum Gasteiger partial charge on any atom is -0.489 e. The van der Waals surface area contributed by atoms with E-state index in [1.54, 1.807) is 4.68 Å². The second-order valence-electron chi connectivity index (χ2n) is 6.42. The molecule has 0 fully saturated rings. The topological polar surface area (TPSA) is 66.0 Å². The van der Waals surface area contributed by atoms with Gasteiger partial charge in [-0.25, -0.2) is 14.1 Å². The maximum absolute atomic E-state index is 12.4. The normalized spacial score (nSPS) is 12.5. The zero-order valence-electron chi connectivity index (χ0n) is 14.0. The number of aromatic nitrogens is 3. The van der Waals surface area contributed by atoms with E-state index in [0.717, 1.165) is 17.2 Å². The third kappa shape index (κ3) is 4.16. The lowest BCUT2D eigenvalue weighted by molar-refractivity contribution is 0.347. The van der Waals surface area contributed by atoms with E-state index in [-0.39, 0.29) is 18.6 Å². The molecule has 0 atom stereocenters. The lowest BCUT2D eigenvalue weighted by Gasteiger charge is -2.12. The lowest BCUT2D eigenvalue weighted by Crippen LogP contribution is -2.13. The monoisotopic (exact) mass is 318 g/mol. The summed E-state index contributed by atoms with van der Waals surface area (Å²) in [5.41, 5.74) is 6.66. The molecule has 0 unspecified atom stereocenters. The number of ether oxygens (including phenoxy) is 1. The van der Waals surface area contributed by atoms with Gasteiger partial charge < -0.3 is 10.5 Å². The Kier molecular flexibility index (Phi) is 5.15. The van der Waals surface area contributed by atoms with Crippen LogP contribution in [-0.4, -0.2) is 27.9 Å². The first-order valence-corrected chi connectivity index (χ1v) is 7.48. The summed E-state index contributed by atoms with van der Waals surface area (Å²) in [6, 6.07) is 7.47. The standard InChI is InChI=1S/C17H23FN4O/c1-17(2,3)16-20-15(22(4)21-16)13-5-7-14(8-6-13)23-11-12(9-18)10-19/h5-9H,10-11,19H2,1-4H3/b12-9-. The number of aryl methyl sites for hydroxylation is 1. The SMILES string of the molecule is Cn1nc(C(C)(C)C)nc1-c1ccc(OC/C(=C\F)CN)cc1. The van der Waals surface area contributed by atoms with Crippen molar-refractivity contribution in [1.29, 1.82) is 0 Å². The average molecular weight is 318 g/mol. The Labute approximate surface area is 136 Å². The Morgan fingerprint density at radius 3 is 2.43 bits per heavy atom. The highest BCUT2D eigenvalue weighted by atomic mass is 19.1. The Morgan fingerprint density at radius 2 is 1.96 bits per heavy atom. The van der Waals surface area contributed by atoms with Crippen LogP contribution in [0.5, 0.6) is 5.75 Å². The number of hydrogen-bond donors (Lipinski definition) is 1. The molecule has 0 aliphatic carbocycles. The number of nitrogens with two attached hydrogens (primary N) is 1. The summed E-state index contributed by atoms with van der Waals surface area (Å²) < 4.78 is 19.7. The van der Waals surface area contributed by atoms with E-state index in [0.29, 0.717) is 17.7 Å². The van der Waals surface area contributed by atoms with Crippen molar-refractivity contribution < 1.29 is 9.13 Å². The molecular formula is C17H23FN4O. The van der Waals surface area contributed by atoms with Crippen LogP contribution < -0.4 is 10.5 Å². The van der Waals surface area contributed by atoms with E-state index in [2.05, 4.69) is 30.9 Å². The third-order valence-corrected chi connectivity index (χ3v) is 3.39. The van der Waals surface area contributed by atoms with Gasteiger partial charge in [0.2, 0.25) is 0 Å². The summed E-state index contributed by atoms with van der Waals surface area (Å²) in [5, 5.41) is 4.47. The van der Waals surface area contributed by atoms with Gasteiger partial charge in [-0.3, -0.25) is 0 Å². The Hall–Kier alpha value is -2.21. The molecule has 6 heteroatoms. The smallest absolute Gasteiger partial charge is 0.158 e. The highest BCUT2D eigenvalue weighted by molar-refractivity contribution is 5.56. The van der Waals surface area contributed by atoms with Crippen molar-refractivity contribution in [2.75, 3.05) is 13.2 Å². The minimum absolute atomic E-state index is 0.101. The van der Waals surface area contributed by atoms with Gasteiger partial charge in [-0.1, -0.05) is 20.8 Å². The fraction of sp³-hybridized carbons (Fsp3) is 0.412. The maximum atomic E-state index is 12.4. The predicted molar refractivity (Wildman–Crippen MR) is 88.9 cm³/mol. The van der Waals surface area contributed by atoms with Gasteiger partial charge in [-0.05, 0) is 24.3 Å². The van der Waals surface area contributed by atoms with Crippen LogP contribution in [0, 0.1) is 0 Å². The summed E-state index contributed by atoms with van der Waals surface area (Å²) in [6.07, 6.45) is 0.488. The molecule has 0 bridgehead atoms. The van der Waals surface area contributed by atoms with Gasteiger partial charge in [0.1, 0.15) is 12.4 Å². The minimum atomic E-state index is -0.101. The molecule has 1 aromatic heterocycles. The van der Waals surface area contributed by atoms with Crippen LogP contribution in [0.4, 0.5) is 4.39 Å². The van der Waals surface area contributed by atoms with Gasteiger partial charge in [0.05, 0.1) is 6.33 Å². The molecular weight excluding hydrogens is 295 g/mol. The molecule has 1 aromatic carbocycles. The molecule has 2 N–H and O–H groups in total. The molecule has 0 saturated heterocycles. The molecule has 23 heavy (non-hydrogen) atoms. The van der Waals surface area contributed by atoms with Crippen LogP contribution in [0.2, 0.25) is 0 Å². The molecule has 0 amide bonds. The first kappa shape index (κ1) is 17.1. The van der Waals surface area contributed by atoms with Crippen molar-refractivity contribution in [2.45, 2.75) is 26.2 Å². The van der Waals surface area contributed by atoms with Gasteiger partial charge >= 0.3 is 0 Å². The zero-order valence-corrected chi connectivity index (χ0v) is 14.0.